The van der Waals surface area contributed by atoms with Crippen molar-refractivity contribution in [2.75, 3.05) is 0 Å². The predicted molar refractivity (Wildman–Crippen MR) is 52.7 cm³/mol. The van der Waals surface area contributed by atoms with Gasteiger partial charge in [-0.25, -0.2) is 0 Å². The largest absolute Gasteiger partial charge is 0.470 e. The lowest BCUT2D eigenvalue weighted by atomic mass is 10.2. The molecule has 2 nitrogen and oxygen atoms in total. The zero-order chi connectivity index (χ0) is 14.8. The third-order valence-corrected chi connectivity index (χ3v) is 2.24. The minimum absolute atomic E-state index is 0.303. The molecule has 0 bridgehead atoms. The zero-order valence-corrected chi connectivity index (χ0v) is 9.57. The van der Waals surface area contributed by atoms with Gasteiger partial charge in [0.1, 0.15) is 17.4 Å². The lowest BCUT2D eigenvalue weighted by molar-refractivity contribution is -0.299. The van der Waals surface area contributed by atoms with Crippen LogP contribution in [0.2, 0.25) is 5.02 Å². The van der Waals surface area contributed by atoms with E-state index in [9.17, 15) is 26.3 Å². The first-order chi connectivity index (χ1) is 8.57. The summed E-state index contributed by atoms with van der Waals surface area (Å²) in [5.74, 6) is -0.880. The number of nitriles is 1. The van der Waals surface area contributed by atoms with E-state index < -0.39 is 29.8 Å². The van der Waals surface area contributed by atoms with Gasteiger partial charge in [-0.05, 0) is 12.1 Å². The molecule has 0 aromatic heterocycles. The van der Waals surface area contributed by atoms with Crippen LogP contribution in [0.1, 0.15) is 5.56 Å². The van der Waals surface area contributed by atoms with Crippen molar-refractivity contribution in [2.45, 2.75) is 18.5 Å². The second-order valence-electron chi connectivity index (χ2n) is 3.31. The van der Waals surface area contributed by atoms with Gasteiger partial charge in [0.05, 0.1) is 5.02 Å². The fraction of sp³-hybridized carbons (Fsp3) is 0.300. The normalized spacial score (nSPS) is 12.4. The number of alkyl halides is 6. The number of halogens is 7. The maximum absolute atomic E-state index is 12.3. The molecular weight excluding hydrogens is 300 g/mol. The van der Waals surface area contributed by atoms with Crippen LogP contribution in [0.15, 0.2) is 18.2 Å². The quantitative estimate of drug-likeness (QED) is 0.771. The maximum atomic E-state index is 12.3. The molecule has 0 aliphatic heterocycles. The van der Waals surface area contributed by atoms with Gasteiger partial charge < -0.3 is 4.74 Å². The number of hydrogen-bond acceptors (Lipinski definition) is 2. The molecule has 19 heavy (non-hydrogen) atoms. The molecule has 1 aromatic carbocycles. The maximum Gasteiger partial charge on any atom is 0.434 e. The first kappa shape index (κ1) is 15.4. The van der Waals surface area contributed by atoms with Crippen LogP contribution in [0.4, 0.5) is 26.3 Å². The van der Waals surface area contributed by atoms with Gasteiger partial charge in [0, 0.05) is 0 Å². The number of hydrogen-bond donors (Lipinski definition) is 0. The summed E-state index contributed by atoms with van der Waals surface area (Å²) in [7, 11) is 0. The summed E-state index contributed by atoms with van der Waals surface area (Å²) < 4.78 is 77.6. The van der Waals surface area contributed by atoms with Crippen molar-refractivity contribution in [3.63, 3.8) is 0 Å². The van der Waals surface area contributed by atoms with Gasteiger partial charge in [-0.2, -0.15) is 31.6 Å². The van der Waals surface area contributed by atoms with Crippen LogP contribution in [0.3, 0.4) is 0 Å². The topological polar surface area (TPSA) is 33.0 Å². The van der Waals surface area contributed by atoms with Crippen molar-refractivity contribution < 1.29 is 31.1 Å². The Morgan fingerprint density at radius 3 is 2.05 bits per heavy atom. The van der Waals surface area contributed by atoms with Gasteiger partial charge in [0.25, 0.3) is 6.10 Å². The molecule has 0 fully saturated rings. The molecule has 1 aromatic rings. The molecule has 1 rings (SSSR count). The number of benzene rings is 1. The van der Waals surface area contributed by atoms with Crippen molar-refractivity contribution in [1.82, 2.24) is 0 Å². The van der Waals surface area contributed by atoms with Crippen LogP contribution >= 0.6 is 11.6 Å². The minimum atomic E-state index is -5.66. The molecule has 0 saturated heterocycles. The van der Waals surface area contributed by atoms with Crippen LogP contribution < -0.4 is 4.74 Å². The van der Waals surface area contributed by atoms with E-state index in [0.29, 0.717) is 0 Å². The van der Waals surface area contributed by atoms with E-state index in [2.05, 4.69) is 4.74 Å². The fourth-order valence-corrected chi connectivity index (χ4v) is 1.37. The SMILES string of the molecule is N#Cc1c(Cl)cccc1OC(C(F)(F)F)C(F)(F)F. The molecule has 0 atom stereocenters. The second-order valence-corrected chi connectivity index (χ2v) is 3.71. The van der Waals surface area contributed by atoms with Crippen LogP contribution in [-0.2, 0) is 0 Å². The first-order valence-corrected chi connectivity index (χ1v) is 4.94. The molecule has 0 saturated carbocycles. The van der Waals surface area contributed by atoms with E-state index in [-0.39, 0.29) is 5.02 Å². The molecule has 0 amide bonds. The number of ether oxygens (including phenoxy) is 1. The van der Waals surface area contributed by atoms with E-state index in [1.165, 1.54) is 6.07 Å². The van der Waals surface area contributed by atoms with Crippen molar-refractivity contribution >= 4 is 11.6 Å². The molecule has 104 valence electrons. The van der Waals surface area contributed by atoms with E-state index in [0.717, 1.165) is 18.2 Å². The number of nitrogens with zero attached hydrogens (tertiary/aromatic N) is 1. The highest BCUT2D eigenvalue weighted by molar-refractivity contribution is 6.31. The second kappa shape index (κ2) is 5.17. The van der Waals surface area contributed by atoms with Crippen molar-refractivity contribution in [3.8, 4) is 11.8 Å². The van der Waals surface area contributed by atoms with Crippen LogP contribution in [0.25, 0.3) is 0 Å². The molecule has 0 aliphatic rings. The Labute approximate surface area is 108 Å². The van der Waals surface area contributed by atoms with E-state index in [4.69, 9.17) is 16.9 Å². The summed E-state index contributed by atoms with van der Waals surface area (Å²) >= 11 is 5.48. The molecule has 9 heteroatoms. The zero-order valence-electron chi connectivity index (χ0n) is 8.81. The van der Waals surface area contributed by atoms with Crippen LogP contribution in [0, 0.1) is 11.3 Å². The smallest absolute Gasteiger partial charge is 0.434 e. The monoisotopic (exact) mass is 303 g/mol. The Morgan fingerprint density at radius 2 is 1.63 bits per heavy atom. The standard InChI is InChI=1S/C10H4ClF6NO/c11-6-2-1-3-7(5(6)4-18)19-8(9(12,13)14)10(15,16)17/h1-3,8H. The van der Waals surface area contributed by atoms with Crippen LogP contribution in [0.5, 0.6) is 5.75 Å². The van der Waals surface area contributed by atoms with Gasteiger partial charge in [-0.1, -0.05) is 17.7 Å². The fourth-order valence-electron chi connectivity index (χ4n) is 1.16. The summed E-state index contributed by atoms with van der Waals surface area (Å²) in [4.78, 5) is 0. The summed E-state index contributed by atoms with van der Waals surface area (Å²) in [6.45, 7) is 0. The third kappa shape index (κ3) is 3.67. The van der Waals surface area contributed by atoms with Crippen molar-refractivity contribution in [3.05, 3.63) is 28.8 Å². The van der Waals surface area contributed by atoms with Crippen molar-refractivity contribution in [2.24, 2.45) is 0 Å². The number of rotatable bonds is 2. The predicted octanol–water partition coefficient (Wildman–Crippen LogP) is 4.08. The summed E-state index contributed by atoms with van der Waals surface area (Å²) in [6, 6.07) is 4.39. The first-order valence-electron chi connectivity index (χ1n) is 4.56. The third-order valence-electron chi connectivity index (χ3n) is 1.93. The van der Waals surface area contributed by atoms with Gasteiger partial charge >= 0.3 is 12.4 Å². The molecule has 0 heterocycles. The Kier molecular flexibility index (Phi) is 4.20. The van der Waals surface area contributed by atoms with E-state index in [1.54, 1.807) is 0 Å². The average Bonchev–Trinajstić information content (AvgIpc) is 2.22. The Balaban J connectivity index is 3.20. The van der Waals surface area contributed by atoms with Gasteiger partial charge in [-0.3, -0.25) is 0 Å². The Morgan fingerprint density at radius 1 is 1.11 bits per heavy atom. The van der Waals surface area contributed by atoms with Gasteiger partial charge in [-0.15, -0.1) is 0 Å². The molecule has 0 aliphatic carbocycles. The van der Waals surface area contributed by atoms with Gasteiger partial charge in [0.2, 0.25) is 0 Å². The highest BCUT2D eigenvalue weighted by Gasteiger charge is 2.59. The summed E-state index contributed by atoms with van der Waals surface area (Å²) in [6.07, 6.45) is -15.3. The molecule has 0 spiro atoms. The van der Waals surface area contributed by atoms with E-state index in [1.807, 2.05) is 0 Å². The summed E-state index contributed by atoms with van der Waals surface area (Å²) in [5, 5.41) is 8.34. The lowest BCUT2D eigenvalue weighted by Gasteiger charge is -2.24. The Bertz CT molecular complexity index is 490. The van der Waals surface area contributed by atoms with Crippen molar-refractivity contribution in [1.29, 1.82) is 5.26 Å². The molecule has 0 unspecified atom stereocenters. The van der Waals surface area contributed by atoms with E-state index >= 15 is 0 Å². The minimum Gasteiger partial charge on any atom is -0.470 e. The lowest BCUT2D eigenvalue weighted by Crippen LogP contribution is -2.46. The molecular formula is C10H4ClF6NO. The van der Waals surface area contributed by atoms with Crippen LogP contribution in [-0.4, -0.2) is 18.5 Å². The Hall–Kier alpha value is -1.62. The highest BCUT2D eigenvalue weighted by Crippen LogP contribution is 2.38. The van der Waals surface area contributed by atoms with Gasteiger partial charge in [0.15, 0.2) is 0 Å². The molecule has 0 radical (unpaired) electrons. The summed E-state index contributed by atoms with van der Waals surface area (Å²) in [5.41, 5.74) is -0.595. The molecule has 0 N–H and O–H groups in total. The highest BCUT2D eigenvalue weighted by atomic mass is 35.5. The average molecular weight is 304 g/mol.